The number of anilines is 1. The van der Waals surface area contributed by atoms with Gasteiger partial charge in [-0.1, -0.05) is 18.2 Å². The van der Waals surface area contributed by atoms with Crippen molar-refractivity contribution in [2.45, 2.75) is 24.5 Å². The summed E-state index contributed by atoms with van der Waals surface area (Å²) in [5.74, 6) is 2.51. The van der Waals surface area contributed by atoms with E-state index in [1.165, 1.54) is 0 Å². The average molecular weight is 378 g/mol. The van der Waals surface area contributed by atoms with Gasteiger partial charge in [0.25, 0.3) is 0 Å². The summed E-state index contributed by atoms with van der Waals surface area (Å²) in [5, 5.41) is 2.99. The fourth-order valence-corrected chi connectivity index (χ4v) is 3.31. The highest BCUT2D eigenvalue weighted by Gasteiger charge is 2.27. The Labute approximate surface area is 156 Å². The van der Waals surface area contributed by atoms with Crippen molar-refractivity contribution in [1.29, 1.82) is 0 Å². The number of hydrogen-bond acceptors (Lipinski definition) is 4. The molecule has 1 aliphatic rings. The zero-order valence-corrected chi connectivity index (χ0v) is 15.7. The van der Waals surface area contributed by atoms with Crippen molar-refractivity contribution >= 4 is 35.0 Å². The highest BCUT2D eigenvalue weighted by Crippen LogP contribution is 2.36. The summed E-state index contributed by atoms with van der Waals surface area (Å²) >= 11 is 7.56. The quantitative estimate of drug-likeness (QED) is 0.574. The molecule has 1 amide bonds. The molecule has 0 aromatic heterocycles. The van der Waals surface area contributed by atoms with E-state index in [0.29, 0.717) is 0 Å². The maximum atomic E-state index is 12.4. The molecule has 0 radical (unpaired) electrons. The molecular weight excluding hydrogens is 358 g/mol. The van der Waals surface area contributed by atoms with Crippen molar-refractivity contribution in [3.05, 3.63) is 48.0 Å². The molecule has 0 atom stereocenters. The van der Waals surface area contributed by atoms with Crippen molar-refractivity contribution in [2.24, 2.45) is 5.41 Å². The molecule has 6 heteroatoms. The van der Waals surface area contributed by atoms with Gasteiger partial charge in [0.1, 0.15) is 0 Å². The highest BCUT2D eigenvalue weighted by atomic mass is 35.5. The molecule has 2 aromatic carbocycles. The van der Waals surface area contributed by atoms with Gasteiger partial charge >= 0.3 is 0 Å². The van der Waals surface area contributed by atoms with E-state index in [-0.39, 0.29) is 18.6 Å². The summed E-state index contributed by atoms with van der Waals surface area (Å²) < 4.78 is 10.8. The molecule has 0 spiro atoms. The number of carbonyl (C=O) groups excluding carboxylic acids is 1. The smallest absolute Gasteiger partial charge is 0.231 e. The number of thioether (sulfide) groups is 1. The number of hydrogen-bond donors (Lipinski definition) is 1. The molecule has 3 rings (SSSR count). The first-order chi connectivity index (χ1) is 12.0. The molecule has 0 aliphatic carbocycles. The lowest BCUT2D eigenvalue weighted by Crippen LogP contribution is -2.32. The number of para-hydroxylation sites is 1. The molecule has 0 unspecified atom stereocenters. The molecule has 4 nitrogen and oxygen atoms in total. The number of fused-ring (bicyclic) bond motifs is 1. The van der Waals surface area contributed by atoms with Crippen LogP contribution in [0.3, 0.4) is 0 Å². The van der Waals surface area contributed by atoms with E-state index in [1.807, 2.05) is 56.3 Å². The van der Waals surface area contributed by atoms with Crippen LogP contribution in [0.15, 0.2) is 47.4 Å². The van der Waals surface area contributed by atoms with Gasteiger partial charge in [0.2, 0.25) is 12.7 Å². The average Bonchev–Trinajstić information content (AvgIpc) is 3.08. The fourth-order valence-electron chi connectivity index (χ4n) is 2.24. The van der Waals surface area contributed by atoms with E-state index in [2.05, 4.69) is 5.32 Å². The lowest BCUT2D eigenvalue weighted by molar-refractivity contribution is -0.122. The van der Waals surface area contributed by atoms with E-state index in [9.17, 15) is 4.79 Å². The Hall–Kier alpha value is -1.85. The highest BCUT2D eigenvalue weighted by molar-refractivity contribution is 7.98. The van der Waals surface area contributed by atoms with Gasteiger partial charge in [-0.25, -0.2) is 0 Å². The van der Waals surface area contributed by atoms with Gasteiger partial charge in [-0.3, -0.25) is 4.79 Å². The first-order valence-corrected chi connectivity index (χ1v) is 9.49. The van der Waals surface area contributed by atoms with Crippen molar-refractivity contribution in [3.63, 3.8) is 0 Å². The zero-order valence-electron chi connectivity index (χ0n) is 14.2. The summed E-state index contributed by atoms with van der Waals surface area (Å²) in [5.41, 5.74) is 1.32. The summed E-state index contributed by atoms with van der Waals surface area (Å²) in [6, 6.07) is 13.7. The second kappa shape index (κ2) is 7.58. The lowest BCUT2D eigenvalue weighted by atomic mass is 9.95. The minimum Gasteiger partial charge on any atom is -0.454 e. The van der Waals surface area contributed by atoms with E-state index in [1.54, 1.807) is 11.8 Å². The lowest BCUT2D eigenvalue weighted by Gasteiger charge is -2.21. The minimum atomic E-state index is -0.614. The van der Waals surface area contributed by atoms with Crippen LogP contribution in [0.25, 0.3) is 0 Å². The van der Waals surface area contributed by atoms with Gasteiger partial charge in [-0.05, 0) is 43.7 Å². The maximum absolute atomic E-state index is 12.4. The number of carbonyl (C=O) groups is 1. The Kier molecular flexibility index (Phi) is 5.45. The molecular formula is C19H20ClNO3S. The van der Waals surface area contributed by atoms with Crippen LogP contribution in [0.4, 0.5) is 5.69 Å². The van der Waals surface area contributed by atoms with Gasteiger partial charge in [0.15, 0.2) is 11.5 Å². The first-order valence-electron chi connectivity index (χ1n) is 7.97. The van der Waals surface area contributed by atoms with E-state index in [0.717, 1.165) is 33.4 Å². The molecule has 0 saturated heterocycles. The van der Waals surface area contributed by atoms with Crippen LogP contribution in [0.5, 0.6) is 11.5 Å². The summed E-state index contributed by atoms with van der Waals surface area (Å²) in [6.45, 7) is 3.94. The normalized spacial score (nSPS) is 12.9. The number of halogens is 1. The van der Waals surface area contributed by atoms with E-state index < -0.39 is 5.41 Å². The molecule has 0 fully saturated rings. The Morgan fingerprint density at radius 3 is 2.76 bits per heavy atom. The molecule has 0 bridgehead atoms. The number of alkyl halides is 1. The number of rotatable bonds is 6. The Bertz CT molecular complexity index is 779. The predicted molar refractivity (Wildman–Crippen MR) is 102 cm³/mol. The first kappa shape index (κ1) is 18.0. The van der Waals surface area contributed by atoms with Crippen molar-refractivity contribution in [3.8, 4) is 11.5 Å². The Morgan fingerprint density at radius 1 is 1.20 bits per heavy atom. The predicted octanol–water partition coefficient (Wildman–Crippen LogP) is 4.91. The molecule has 1 aliphatic heterocycles. The zero-order chi connectivity index (χ0) is 17.9. The Balaban J connectivity index is 1.70. The van der Waals surface area contributed by atoms with Crippen LogP contribution in [0.1, 0.15) is 19.4 Å². The van der Waals surface area contributed by atoms with Crippen LogP contribution in [0.2, 0.25) is 0 Å². The summed E-state index contributed by atoms with van der Waals surface area (Å²) in [4.78, 5) is 13.4. The van der Waals surface area contributed by atoms with Crippen molar-refractivity contribution in [2.75, 3.05) is 18.0 Å². The monoisotopic (exact) mass is 377 g/mol. The van der Waals surface area contributed by atoms with Crippen LogP contribution < -0.4 is 14.8 Å². The standard InChI is InChI=1S/C19H20ClNO3S/c1-19(2,11-20)18(22)21-14-5-3-4-6-17(14)25-10-13-7-8-15-16(9-13)24-12-23-15/h3-9H,10-12H2,1-2H3,(H,21,22). The topological polar surface area (TPSA) is 47.6 Å². The molecule has 25 heavy (non-hydrogen) atoms. The van der Waals surface area contributed by atoms with Crippen molar-refractivity contribution < 1.29 is 14.3 Å². The largest absolute Gasteiger partial charge is 0.454 e. The van der Waals surface area contributed by atoms with Gasteiger partial charge in [0, 0.05) is 16.5 Å². The van der Waals surface area contributed by atoms with E-state index in [4.69, 9.17) is 21.1 Å². The minimum absolute atomic E-state index is 0.0846. The van der Waals surface area contributed by atoms with Crippen molar-refractivity contribution in [1.82, 2.24) is 0 Å². The van der Waals surface area contributed by atoms with Crippen LogP contribution in [0, 0.1) is 5.41 Å². The molecule has 132 valence electrons. The molecule has 1 N–H and O–H groups in total. The van der Waals surface area contributed by atoms with Gasteiger partial charge < -0.3 is 14.8 Å². The van der Waals surface area contributed by atoms with Crippen LogP contribution in [-0.4, -0.2) is 18.6 Å². The maximum Gasteiger partial charge on any atom is 0.231 e. The number of nitrogens with one attached hydrogen (secondary N) is 1. The third kappa shape index (κ3) is 4.22. The van der Waals surface area contributed by atoms with Crippen LogP contribution in [-0.2, 0) is 10.5 Å². The third-order valence-corrected chi connectivity index (χ3v) is 5.73. The summed E-state index contributed by atoms with van der Waals surface area (Å²) in [6.07, 6.45) is 0. The third-order valence-electron chi connectivity index (χ3n) is 3.92. The van der Waals surface area contributed by atoms with Gasteiger partial charge in [0.05, 0.1) is 11.1 Å². The number of amides is 1. The molecule has 2 aromatic rings. The molecule has 1 heterocycles. The van der Waals surface area contributed by atoms with E-state index >= 15 is 0 Å². The number of benzene rings is 2. The van der Waals surface area contributed by atoms with Crippen LogP contribution >= 0.6 is 23.4 Å². The summed E-state index contributed by atoms with van der Waals surface area (Å²) in [7, 11) is 0. The van der Waals surface area contributed by atoms with Gasteiger partial charge in [-0.15, -0.1) is 23.4 Å². The Morgan fingerprint density at radius 2 is 1.96 bits per heavy atom. The second-order valence-corrected chi connectivity index (χ2v) is 7.73. The second-order valence-electron chi connectivity index (χ2n) is 6.44. The SMILES string of the molecule is CC(C)(CCl)C(=O)Nc1ccccc1SCc1ccc2c(c1)OCO2. The molecule has 0 saturated carbocycles. The number of ether oxygens (including phenoxy) is 2. The fraction of sp³-hybridized carbons (Fsp3) is 0.316. The van der Waals surface area contributed by atoms with Gasteiger partial charge in [-0.2, -0.15) is 0 Å².